The average molecular weight is 531 g/mol. The Morgan fingerprint density at radius 3 is 2.21 bits per heavy atom. The number of fused-ring (bicyclic) bond motifs is 5. The molecule has 7 nitrogen and oxygen atoms in total. The fourth-order valence-corrected chi connectivity index (χ4v) is 8.90. The quantitative estimate of drug-likeness (QED) is 0.261. The van der Waals surface area contributed by atoms with Crippen molar-refractivity contribution in [2.24, 2.45) is 52.3 Å². The lowest BCUT2D eigenvalue weighted by atomic mass is 9.48. The van der Waals surface area contributed by atoms with Gasteiger partial charge in [0.25, 0.3) is 0 Å². The number of carbonyl (C=O) groups excluding carboxylic acids is 4. The number of ether oxygens (including phenoxy) is 3. The first kappa shape index (κ1) is 28.8. The fourth-order valence-electron chi connectivity index (χ4n) is 8.90. The highest BCUT2D eigenvalue weighted by molar-refractivity contribution is 5.91. The van der Waals surface area contributed by atoms with Crippen LogP contribution in [0, 0.1) is 52.3 Å². The smallest absolute Gasteiger partial charge is 0.309 e. The van der Waals surface area contributed by atoms with Gasteiger partial charge >= 0.3 is 17.9 Å². The molecule has 0 aromatic carbocycles. The monoisotopic (exact) mass is 530 g/mol. The van der Waals surface area contributed by atoms with Crippen LogP contribution in [0.15, 0.2) is 12.2 Å². The molecule has 10 atom stereocenters. The minimum Gasteiger partial charge on any atom is -0.465 e. The summed E-state index contributed by atoms with van der Waals surface area (Å²) >= 11 is 0. The third kappa shape index (κ3) is 5.19. The number of hydrogen-bond acceptors (Lipinski definition) is 7. The zero-order chi connectivity index (χ0) is 28.0. The van der Waals surface area contributed by atoms with Crippen molar-refractivity contribution in [1.29, 1.82) is 0 Å². The molecule has 4 rings (SSSR count). The van der Waals surface area contributed by atoms with Crippen molar-refractivity contribution in [3.8, 4) is 0 Å². The number of esters is 3. The maximum Gasteiger partial charge on any atom is 0.309 e. The lowest BCUT2D eigenvalue weighted by Gasteiger charge is -2.56. The van der Waals surface area contributed by atoms with E-state index in [1.165, 1.54) is 13.8 Å². The molecule has 1 saturated heterocycles. The van der Waals surface area contributed by atoms with Gasteiger partial charge in [-0.15, -0.1) is 0 Å². The molecular formula is C31H46O7. The molecule has 3 aliphatic carbocycles. The van der Waals surface area contributed by atoms with E-state index in [-0.39, 0.29) is 34.9 Å². The molecule has 0 radical (unpaired) electrons. The highest BCUT2D eigenvalue weighted by Crippen LogP contribution is 2.66. The molecule has 38 heavy (non-hydrogen) atoms. The van der Waals surface area contributed by atoms with Gasteiger partial charge < -0.3 is 14.2 Å². The molecule has 7 heteroatoms. The van der Waals surface area contributed by atoms with Crippen LogP contribution in [0.25, 0.3) is 0 Å². The van der Waals surface area contributed by atoms with Gasteiger partial charge in [-0.05, 0) is 78.6 Å². The Labute approximate surface area is 227 Å². The van der Waals surface area contributed by atoms with E-state index in [9.17, 15) is 19.2 Å². The molecule has 4 aliphatic rings. The third-order valence-corrected chi connectivity index (χ3v) is 10.8. The number of carbonyl (C=O) groups is 4. The summed E-state index contributed by atoms with van der Waals surface area (Å²) in [6.45, 7) is 13.8. The van der Waals surface area contributed by atoms with Crippen molar-refractivity contribution in [3.63, 3.8) is 0 Å². The Morgan fingerprint density at radius 1 is 0.947 bits per heavy atom. The van der Waals surface area contributed by atoms with Crippen molar-refractivity contribution in [1.82, 2.24) is 0 Å². The Morgan fingerprint density at radius 2 is 1.58 bits per heavy atom. The van der Waals surface area contributed by atoms with Crippen molar-refractivity contribution in [2.75, 3.05) is 6.61 Å². The maximum absolute atomic E-state index is 13.4. The van der Waals surface area contributed by atoms with Crippen molar-refractivity contribution in [3.05, 3.63) is 12.2 Å². The summed E-state index contributed by atoms with van der Waals surface area (Å²) in [6, 6.07) is 0. The lowest BCUT2D eigenvalue weighted by Crippen LogP contribution is -2.55. The van der Waals surface area contributed by atoms with Crippen LogP contribution in [0.5, 0.6) is 0 Å². The van der Waals surface area contributed by atoms with E-state index in [1.807, 2.05) is 13.8 Å². The first-order chi connectivity index (χ1) is 17.8. The Bertz CT molecular complexity index is 985. The zero-order valence-corrected chi connectivity index (χ0v) is 24.2. The molecule has 0 bridgehead atoms. The molecule has 0 amide bonds. The van der Waals surface area contributed by atoms with E-state index in [0.29, 0.717) is 37.2 Å². The van der Waals surface area contributed by atoms with Gasteiger partial charge in [0.05, 0.1) is 12.5 Å². The van der Waals surface area contributed by atoms with E-state index in [0.717, 1.165) is 25.7 Å². The fraction of sp³-hybridized carbons (Fsp3) is 0.806. The van der Waals surface area contributed by atoms with Gasteiger partial charge in [-0.1, -0.05) is 40.7 Å². The van der Waals surface area contributed by atoms with Crippen LogP contribution in [0.2, 0.25) is 0 Å². The van der Waals surface area contributed by atoms with Gasteiger partial charge in [0.15, 0.2) is 5.78 Å². The number of rotatable bonds is 6. The van der Waals surface area contributed by atoms with Crippen molar-refractivity contribution >= 4 is 23.7 Å². The van der Waals surface area contributed by atoms with Crippen LogP contribution < -0.4 is 0 Å². The Hall–Kier alpha value is -2.18. The SMILES string of the molecule is CC(=O)O[C@H]1C[C@@H]2C(=O)OC[C@@H]3[C@H](CC[C@]4(C)[C@@H]([C@H](C)/C=C/C(=O)C(C)C)CC[C@@H]34)[C@@]2(C)C[C@H]1OC(C)=O. The summed E-state index contributed by atoms with van der Waals surface area (Å²) in [4.78, 5) is 49.4. The predicted molar refractivity (Wildman–Crippen MR) is 142 cm³/mol. The standard InChI is InChI=1S/C31H46O7/c1-17(2)26(34)11-8-18(3)22-9-10-23-21-16-36-29(35)25-14-27(37-19(4)32)28(38-20(5)33)15-31(25,7)24(21)12-13-30(22,23)6/h8,11,17-18,21-25,27-28H,9-10,12-16H2,1-7H3/b11-8+/t18-,21+,22-,23+,24+,25-,27+,28-,30-,31-/m1/s1. The predicted octanol–water partition coefficient (Wildman–Crippen LogP) is 5.30. The Kier molecular flexibility index (Phi) is 8.17. The molecule has 0 aromatic heterocycles. The molecule has 1 aliphatic heterocycles. The first-order valence-electron chi connectivity index (χ1n) is 14.5. The molecule has 212 valence electrons. The van der Waals surface area contributed by atoms with E-state index >= 15 is 0 Å². The van der Waals surface area contributed by atoms with Crippen LogP contribution in [0.3, 0.4) is 0 Å². The maximum atomic E-state index is 13.4. The van der Waals surface area contributed by atoms with Crippen LogP contribution in [-0.2, 0) is 33.4 Å². The minimum absolute atomic E-state index is 0.00177. The molecule has 1 heterocycles. The summed E-state index contributed by atoms with van der Waals surface area (Å²) in [5.41, 5.74) is -0.303. The van der Waals surface area contributed by atoms with Gasteiger partial charge in [-0.3, -0.25) is 19.2 Å². The minimum atomic E-state index is -0.649. The van der Waals surface area contributed by atoms with Gasteiger partial charge in [-0.25, -0.2) is 0 Å². The van der Waals surface area contributed by atoms with E-state index in [1.54, 1.807) is 6.08 Å². The van der Waals surface area contributed by atoms with Gasteiger partial charge in [0.1, 0.15) is 12.2 Å². The van der Waals surface area contributed by atoms with Gasteiger partial charge in [-0.2, -0.15) is 0 Å². The van der Waals surface area contributed by atoms with Crippen LogP contribution in [0.4, 0.5) is 0 Å². The van der Waals surface area contributed by atoms with Crippen molar-refractivity contribution in [2.45, 2.75) is 99.2 Å². The highest BCUT2D eigenvalue weighted by Gasteiger charge is 2.63. The third-order valence-electron chi connectivity index (χ3n) is 10.8. The topological polar surface area (TPSA) is 96.0 Å². The highest BCUT2D eigenvalue weighted by atomic mass is 16.6. The number of cyclic esters (lactones) is 1. The second-order valence-corrected chi connectivity index (χ2v) is 13.3. The van der Waals surface area contributed by atoms with E-state index in [2.05, 4.69) is 26.8 Å². The second-order valence-electron chi connectivity index (χ2n) is 13.3. The molecule has 0 N–H and O–H groups in total. The zero-order valence-electron chi connectivity index (χ0n) is 24.2. The van der Waals surface area contributed by atoms with Crippen molar-refractivity contribution < 1.29 is 33.4 Å². The summed E-state index contributed by atoms with van der Waals surface area (Å²) < 4.78 is 17.2. The molecule has 0 aromatic rings. The van der Waals surface area contributed by atoms with E-state index < -0.39 is 35.5 Å². The first-order valence-corrected chi connectivity index (χ1v) is 14.5. The van der Waals surface area contributed by atoms with Gasteiger partial charge in [0.2, 0.25) is 0 Å². The number of ketones is 1. The van der Waals surface area contributed by atoms with Crippen LogP contribution in [-0.4, -0.2) is 42.5 Å². The normalized spacial score (nSPS) is 41.4. The van der Waals surface area contributed by atoms with Gasteiger partial charge in [0, 0.05) is 26.2 Å². The summed E-state index contributed by atoms with van der Waals surface area (Å²) in [5, 5.41) is 0. The van der Waals surface area contributed by atoms with E-state index in [4.69, 9.17) is 14.2 Å². The number of hydrogen-bond donors (Lipinski definition) is 0. The Balaban J connectivity index is 1.60. The summed E-state index contributed by atoms with van der Waals surface area (Å²) in [5.74, 6) is 0.366. The summed E-state index contributed by atoms with van der Waals surface area (Å²) in [6.07, 6.45) is 7.67. The number of allylic oxidation sites excluding steroid dienone is 2. The lowest BCUT2D eigenvalue weighted by molar-refractivity contribution is -0.188. The second kappa shape index (κ2) is 10.8. The largest absolute Gasteiger partial charge is 0.465 e. The molecule has 3 saturated carbocycles. The molecule has 0 spiro atoms. The summed E-state index contributed by atoms with van der Waals surface area (Å²) in [7, 11) is 0. The van der Waals surface area contributed by atoms with Crippen LogP contribution >= 0.6 is 0 Å². The molecular weight excluding hydrogens is 484 g/mol. The molecule has 4 fully saturated rings. The average Bonchev–Trinajstić information content (AvgIpc) is 3.13. The van der Waals surface area contributed by atoms with Crippen LogP contribution in [0.1, 0.15) is 87.0 Å². The molecule has 0 unspecified atom stereocenters.